The van der Waals surface area contributed by atoms with E-state index in [-0.39, 0.29) is 5.82 Å². The lowest BCUT2D eigenvalue weighted by Gasteiger charge is -2.02. The van der Waals surface area contributed by atoms with E-state index in [1.165, 1.54) is 25.0 Å². The zero-order valence-electron chi connectivity index (χ0n) is 10.3. The molecule has 1 aromatic carbocycles. The van der Waals surface area contributed by atoms with Crippen molar-refractivity contribution in [2.45, 2.75) is 19.4 Å². The summed E-state index contributed by atoms with van der Waals surface area (Å²) in [5, 5.41) is 11.7. The molecule has 0 unspecified atom stereocenters. The van der Waals surface area contributed by atoms with E-state index in [2.05, 4.69) is 15.6 Å². The minimum absolute atomic E-state index is 0.322. The Hall–Kier alpha value is -1.46. The number of nitrogens with one attached hydrogen (secondary N) is 1. The van der Waals surface area contributed by atoms with Gasteiger partial charge >= 0.3 is 0 Å². The van der Waals surface area contributed by atoms with Crippen molar-refractivity contribution in [1.29, 1.82) is 0 Å². The Bertz CT molecular complexity index is 580. The molecule has 0 atom stereocenters. The highest BCUT2D eigenvalue weighted by Gasteiger charge is 2.20. The number of halogens is 2. The van der Waals surface area contributed by atoms with Crippen LogP contribution in [0, 0.1) is 11.7 Å². The van der Waals surface area contributed by atoms with Crippen molar-refractivity contribution < 1.29 is 4.39 Å². The highest BCUT2D eigenvalue weighted by Crippen LogP contribution is 2.27. The molecular weight excluding hydrogens is 267 g/mol. The van der Waals surface area contributed by atoms with Gasteiger partial charge in [0.25, 0.3) is 0 Å². The van der Waals surface area contributed by atoms with Crippen molar-refractivity contribution in [3.05, 3.63) is 40.9 Å². The normalized spacial score (nSPS) is 14.8. The summed E-state index contributed by atoms with van der Waals surface area (Å²) in [7, 11) is 0. The Morgan fingerprint density at radius 3 is 3.00 bits per heavy atom. The van der Waals surface area contributed by atoms with E-state index >= 15 is 0 Å². The zero-order chi connectivity index (χ0) is 13.2. The van der Waals surface area contributed by atoms with Crippen LogP contribution in [0.25, 0.3) is 5.69 Å². The van der Waals surface area contributed by atoms with Gasteiger partial charge in [0, 0.05) is 6.54 Å². The van der Waals surface area contributed by atoms with Gasteiger partial charge in [0.1, 0.15) is 5.82 Å². The van der Waals surface area contributed by atoms with Gasteiger partial charge in [0.2, 0.25) is 0 Å². The highest BCUT2D eigenvalue weighted by atomic mass is 35.5. The molecule has 2 aromatic rings. The lowest BCUT2D eigenvalue weighted by atomic mass is 10.3. The van der Waals surface area contributed by atoms with Gasteiger partial charge in [-0.05, 0) is 43.5 Å². The SMILES string of the molecule is Fc1ccc(-n2cc(CNCC3CC3)nn2)c(Cl)c1. The third kappa shape index (κ3) is 3.11. The second-order valence-corrected chi connectivity index (χ2v) is 5.23. The fourth-order valence-corrected chi connectivity index (χ4v) is 2.14. The summed E-state index contributed by atoms with van der Waals surface area (Å²) in [5.41, 5.74) is 1.48. The van der Waals surface area contributed by atoms with Crippen molar-refractivity contribution >= 4 is 11.6 Å². The fourth-order valence-electron chi connectivity index (χ4n) is 1.89. The molecule has 1 fully saturated rings. The summed E-state index contributed by atoms with van der Waals surface area (Å²) in [6, 6.07) is 4.21. The molecule has 19 heavy (non-hydrogen) atoms. The third-order valence-corrected chi connectivity index (χ3v) is 3.44. The molecule has 1 aliphatic rings. The van der Waals surface area contributed by atoms with E-state index in [4.69, 9.17) is 11.6 Å². The molecule has 1 heterocycles. The van der Waals surface area contributed by atoms with Crippen LogP contribution < -0.4 is 5.32 Å². The van der Waals surface area contributed by atoms with Crippen molar-refractivity contribution in [3.8, 4) is 5.69 Å². The average Bonchev–Trinajstić information content (AvgIpc) is 3.07. The van der Waals surface area contributed by atoms with E-state index in [1.54, 1.807) is 16.9 Å². The summed E-state index contributed by atoms with van der Waals surface area (Å²) >= 11 is 5.98. The topological polar surface area (TPSA) is 42.7 Å². The number of benzene rings is 1. The maximum atomic E-state index is 13.0. The van der Waals surface area contributed by atoms with Crippen LogP contribution in [0.5, 0.6) is 0 Å². The van der Waals surface area contributed by atoms with Crippen LogP contribution in [0.4, 0.5) is 4.39 Å². The first-order valence-corrected chi connectivity index (χ1v) is 6.67. The predicted octanol–water partition coefficient (Wildman–Crippen LogP) is 2.56. The van der Waals surface area contributed by atoms with Crippen molar-refractivity contribution in [2.75, 3.05) is 6.54 Å². The number of hydrogen-bond acceptors (Lipinski definition) is 3. The van der Waals surface area contributed by atoms with Gasteiger partial charge in [-0.25, -0.2) is 9.07 Å². The molecule has 1 aliphatic carbocycles. The summed E-state index contributed by atoms with van der Waals surface area (Å²) in [4.78, 5) is 0. The van der Waals surface area contributed by atoms with Gasteiger partial charge in [0.05, 0.1) is 22.6 Å². The molecule has 1 N–H and O–H groups in total. The number of rotatable bonds is 5. The molecule has 0 amide bonds. The fraction of sp³-hybridized carbons (Fsp3) is 0.385. The minimum atomic E-state index is -0.361. The van der Waals surface area contributed by atoms with Gasteiger partial charge in [-0.2, -0.15) is 0 Å². The zero-order valence-corrected chi connectivity index (χ0v) is 11.1. The summed E-state index contributed by atoms with van der Waals surface area (Å²) < 4.78 is 14.5. The Morgan fingerprint density at radius 1 is 1.42 bits per heavy atom. The Balaban J connectivity index is 1.68. The smallest absolute Gasteiger partial charge is 0.124 e. The van der Waals surface area contributed by atoms with Gasteiger partial charge < -0.3 is 5.32 Å². The Morgan fingerprint density at radius 2 is 2.26 bits per heavy atom. The maximum Gasteiger partial charge on any atom is 0.124 e. The van der Waals surface area contributed by atoms with Crippen molar-refractivity contribution in [1.82, 2.24) is 20.3 Å². The van der Waals surface area contributed by atoms with Crippen molar-refractivity contribution in [2.24, 2.45) is 5.92 Å². The molecule has 0 aliphatic heterocycles. The quantitative estimate of drug-likeness (QED) is 0.915. The van der Waals surface area contributed by atoms with Gasteiger partial charge in [-0.3, -0.25) is 0 Å². The van der Waals surface area contributed by atoms with E-state index in [0.717, 1.165) is 18.2 Å². The lowest BCUT2D eigenvalue weighted by molar-refractivity contribution is 0.626. The van der Waals surface area contributed by atoms with Crippen LogP contribution in [0.15, 0.2) is 24.4 Å². The highest BCUT2D eigenvalue weighted by molar-refractivity contribution is 6.32. The molecule has 1 aromatic heterocycles. The van der Waals surface area contributed by atoms with Crippen LogP contribution in [0.2, 0.25) is 5.02 Å². The van der Waals surface area contributed by atoms with Crippen LogP contribution >= 0.6 is 11.6 Å². The first kappa shape index (κ1) is 12.6. The van der Waals surface area contributed by atoms with Gasteiger partial charge in [-0.1, -0.05) is 16.8 Å². The second kappa shape index (κ2) is 5.27. The van der Waals surface area contributed by atoms with E-state index < -0.39 is 0 Å². The molecule has 4 nitrogen and oxygen atoms in total. The molecule has 0 radical (unpaired) electrons. The summed E-state index contributed by atoms with van der Waals surface area (Å²) in [6.45, 7) is 1.72. The molecule has 3 rings (SSSR count). The summed E-state index contributed by atoms with van der Waals surface area (Å²) in [6.07, 6.45) is 4.45. The van der Waals surface area contributed by atoms with Crippen LogP contribution in [-0.2, 0) is 6.54 Å². The Labute approximate surface area is 115 Å². The number of hydrogen-bond donors (Lipinski definition) is 1. The predicted molar refractivity (Wildman–Crippen MR) is 70.8 cm³/mol. The van der Waals surface area contributed by atoms with E-state index in [9.17, 15) is 4.39 Å². The lowest BCUT2D eigenvalue weighted by Crippen LogP contribution is -2.16. The maximum absolute atomic E-state index is 13.0. The monoisotopic (exact) mass is 280 g/mol. The summed E-state index contributed by atoms with van der Waals surface area (Å²) in [5.74, 6) is 0.474. The van der Waals surface area contributed by atoms with Gasteiger partial charge in [-0.15, -0.1) is 5.10 Å². The molecular formula is C13H14ClFN4. The largest absolute Gasteiger partial charge is 0.311 e. The number of nitrogens with zero attached hydrogens (tertiary/aromatic N) is 3. The van der Waals surface area contributed by atoms with Crippen LogP contribution in [0.3, 0.4) is 0 Å². The standard InChI is InChI=1S/C13H14ClFN4/c14-12-5-10(15)3-4-13(12)19-8-11(17-18-19)7-16-6-9-1-2-9/h3-5,8-9,16H,1-2,6-7H2. The molecule has 0 spiro atoms. The molecule has 6 heteroatoms. The molecule has 0 saturated heterocycles. The molecule has 100 valence electrons. The van der Waals surface area contributed by atoms with Crippen LogP contribution in [0.1, 0.15) is 18.5 Å². The van der Waals surface area contributed by atoms with E-state index in [1.807, 2.05) is 0 Å². The first-order valence-electron chi connectivity index (χ1n) is 6.30. The van der Waals surface area contributed by atoms with Gasteiger partial charge in [0.15, 0.2) is 0 Å². The third-order valence-electron chi connectivity index (χ3n) is 3.13. The minimum Gasteiger partial charge on any atom is -0.311 e. The average molecular weight is 281 g/mol. The first-order chi connectivity index (χ1) is 9.22. The second-order valence-electron chi connectivity index (χ2n) is 4.82. The van der Waals surface area contributed by atoms with Crippen molar-refractivity contribution in [3.63, 3.8) is 0 Å². The Kier molecular flexibility index (Phi) is 3.48. The van der Waals surface area contributed by atoms with E-state index in [0.29, 0.717) is 17.3 Å². The molecule has 0 bridgehead atoms. The molecule has 1 saturated carbocycles. The number of aromatic nitrogens is 3. The van der Waals surface area contributed by atoms with Crippen LogP contribution in [-0.4, -0.2) is 21.5 Å².